The molecule has 0 aromatic heterocycles. The number of amides is 1. The van der Waals surface area contributed by atoms with E-state index in [-0.39, 0.29) is 17.1 Å². The number of hydrogen-bond acceptors (Lipinski definition) is 4. The maximum atomic E-state index is 13.5. The fourth-order valence-electron chi connectivity index (χ4n) is 4.53. The number of nitrogens with one attached hydrogen (secondary N) is 1. The van der Waals surface area contributed by atoms with Crippen molar-refractivity contribution in [1.82, 2.24) is 0 Å². The number of carbonyl (C=O) groups is 2. The van der Waals surface area contributed by atoms with Gasteiger partial charge in [0.1, 0.15) is 5.75 Å². The van der Waals surface area contributed by atoms with Gasteiger partial charge in [0, 0.05) is 24.1 Å². The Morgan fingerprint density at radius 1 is 1.13 bits per heavy atom. The quantitative estimate of drug-likeness (QED) is 0.759. The van der Waals surface area contributed by atoms with E-state index >= 15 is 0 Å². The van der Waals surface area contributed by atoms with Gasteiger partial charge in [-0.15, -0.1) is 0 Å². The Labute approximate surface area is 177 Å². The second-order valence-electron chi connectivity index (χ2n) is 8.77. The zero-order chi connectivity index (χ0) is 21.5. The maximum Gasteiger partial charge on any atom is 0.227 e. The molecule has 1 atom stereocenters. The molecule has 5 heteroatoms. The molecule has 2 aromatic carbocycles. The molecule has 5 nitrogen and oxygen atoms in total. The van der Waals surface area contributed by atoms with Gasteiger partial charge in [-0.2, -0.15) is 0 Å². The number of methoxy groups -OCH3 is 1. The third-order valence-electron chi connectivity index (χ3n) is 5.90. The summed E-state index contributed by atoms with van der Waals surface area (Å²) in [5, 5.41) is 3.52. The molecule has 2 aromatic rings. The molecule has 156 valence electrons. The molecule has 30 heavy (non-hydrogen) atoms. The minimum atomic E-state index is -0.474. The molecule has 0 radical (unpaired) electrons. The molecule has 0 fully saturated rings. The smallest absolute Gasteiger partial charge is 0.227 e. The van der Waals surface area contributed by atoms with E-state index in [2.05, 4.69) is 19.2 Å². The number of ether oxygens (including phenoxy) is 1. The van der Waals surface area contributed by atoms with Gasteiger partial charge >= 0.3 is 0 Å². The lowest BCUT2D eigenvalue weighted by molar-refractivity contribution is -0.119. The maximum absolute atomic E-state index is 13.5. The summed E-state index contributed by atoms with van der Waals surface area (Å²) in [6.45, 7) is 6.09. The van der Waals surface area contributed by atoms with Crippen LogP contribution >= 0.6 is 0 Å². The van der Waals surface area contributed by atoms with Crippen LogP contribution in [-0.2, 0) is 9.59 Å². The van der Waals surface area contributed by atoms with Crippen molar-refractivity contribution in [2.24, 2.45) is 5.41 Å². The van der Waals surface area contributed by atoms with Crippen molar-refractivity contribution in [2.75, 3.05) is 17.3 Å². The monoisotopic (exact) mass is 404 g/mol. The minimum Gasteiger partial charge on any atom is -0.497 e. The zero-order valence-corrected chi connectivity index (χ0v) is 18.0. The second-order valence-corrected chi connectivity index (χ2v) is 8.77. The van der Waals surface area contributed by atoms with Crippen LogP contribution in [0.5, 0.6) is 5.75 Å². The van der Waals surface area contributed by atoms with Gasteiger partial charge in [0.2, 0.25) is 5.91 Å². The van der Waals surface area contributed by atoms with Gasteiger partial charge in [-0.05, 0) is 41.7 Å². The fraction of sp³-hybridized carbons (Fsp3) is 0.360. The van der Waals surface area contributed by atoms with Gasteiger partial charge in [-0.25, -0.2) is 0 Å². The van der Waals surface area contributed by atoms with Gasteiger partial charge < -0.3 is 10.1 Å². The van der Waals surface area contributed by atoms with Crippen molar-refractivity contribution in [3.05, 3.63) is 65.4 Å². The first-order valence-electron chi connectivity index (χ1n) is 10.4. The molecular formula is C25H28N2O3. The number of ketones is 1. The Morgan fingerprint density at radius 3 is 2.50 bits per heavy atom. The SMILES string of the molecule is CCC(=O)N1c2ccccc2NC2=C(C(=O)CC(C)(C)C2)C1c1ccc(OC)cc1. The first-order valence-corrected chi connectivity index (χ1v) is 10.4. The molecule has 1 N–H and O–H groups in total. The molecular weight excluding hydrogens is 376 g/mol. The van der Waals surface area contributed by atoms with E-state index < -0.39 is 6.04 Å². The Morgan fingerprint density at radius 2 is 1.83 bits per heavy atom. The summed E-state index contributed by atoms with van der Waals surface area (Å²) in [6, 6.07) is 15.0. The van der Waals surface area contributed by atoms with Crippen LogP contribution in [0.25, 0.3) is 0 Å². The Kier molecular flexibility index (Phi) is 5.14. The average molecular weight is 405 g/mol. The molecule has 0 saturated heterocycles. The summed E-state index contributed by atoms with van der Waals surface area (Å²) in [5.74, 6) is 0.817. The van der Waals surface area contributed by atoms with E-state index in [1.54, 1.807) is 12.0 Å². The van der Waals surface area contributed by atoms with E-state index in [9.17, 15) is 9.59 Å². The van der Waals surface area contributed by atoms with Crippen LogP contribution in [-0.4, -0.2) is 18.8 Å². The van der Waals surface area contributed by atoms with Crippen LogP contribution < -0.4 is 15.0 Å². The number of carbonyl (C=O) groups excluding carboxylic acids is 2. The highest BCUT2D eigenvalue weighted by molar-refractivity contribution is 6.06. The highest BCUT2D eigenvalue weighted by atomic mass is 16.5. The van der Waals surface area contributed by atoms with Gasteiger partial charge in [-0.1, -0.05) is 45.0 Å². The Bertz CT molecular complexity index is 1020. The number of Topliss-reactive ketones (excluding diaryl/α,β-unsaturated/α-hetero) is 1. The Balaban J connectivity index is 1.98. The molecule has 1 unspecified atom stereocenters. The summed E-state index contributed by atoms with van der Waals surface area (Å²) in [5.41, 5.74) is 4.02. The molecule has 1 heterocycles. The lowest BCUT2D eigenvalue weighted by Gasteiger charge is -2.37. The van der Waals surface area contributed by atoms with E-state index in [1.807, 2.05) is 55.5 Å². The minimum absolute atomic E-state index is 0.0172. The fourth-order valence-corrected chi connectivity index (χ4v) is 4.53. The molecule has 1 amide bonds. The number of nitrogens with zero attached hydrogens (tertiary/aromatic N) is 1. The zero-order valence-electron chi connectivity index (χ0n) is 18.0. The van der Waals surface area contributed by atoms with Gasteiger partial charge in [0.25, 0.3) is 0 Å². The van der Waals surface area contributed by atoms with Crippen molar-refractivity contribution < 1.29 is 14.3 Å². The first-order chi connectivity index (χ1) is 14.3. The van der Waals surface area contributed by atoms with Crippen molar-refractivity contribution in [1.29, 1.82) is 0 Å². The summed E-state index contributed by atoms with van der Waals surface area (Å²) < 4.78 is 5.32. The van der Waals surface area contributed by atoms with Gasteiger partial charge in [-0.3, -0.25) is 14.5 Å². The molecule has 2 aliphatic rings. The lowest BCUT2D eigenvalue weighted by atomic mass is 9.73. The van der Waals surface area contributed by atoms with Crippen LogP contribution in [0.3, 0.4) is 0 Å². The highest BCUT2D eigenvalue weighted by Gasteiger charge is 2.42. The summed E-state index contributed by atoms with van der Waals surface area (Å²) in [4.78, 5) is 28.5. The van der Waals surface area contributed by atoms with E-state index in [0.717, 1.165) is 34.8 Å². The van der Waals surface area contributed by atoms with Crippen molar-refractivity contribution in [2.45, 2.75) is 46.1 Å². The molecule has 0 bridgehead atoms. The number of anilines is 2. The van der Waals surface area contributed by atoms with Crippen molar-refractivity contribution in [3.63, 3.8) is 0 Å². The number of hydrogen-bond donors (Lipinski definition) is 1. The number of fused-ring (bicyclic) bond motifs is 1. The molecule has 0 saturated carbocycles. The summed E-state index contributed by atoms with van der Waals surface area (Å²) >= 11 is 0. The van der Waals surface area contributed by atoms with Gasteiger partial charge in [0.05, 0.1) is 24.5 Å². The number of allylic oxidation sites excluding steroid dienone is 1. The topological polar surface area (TPSA) is 58.6 Å². The largest absolute Gasteiger partial charge is 0.497 e. The highest BCUT2D eigenvalue weighted by Crippen LogP contribution is 2.48. The van der Waals surface area contributed by atoms with Crippen molar-refractivity contribution in [3.8, 4) is 5.75 Å². The predicted octanol–water partition coefficient (Wildman–Crippen LogP) is 5.25. The summed E-state index contributed by atoms with van der Waals surface area (Å²) in [6.07, 6.45) is 1.57. The van der Waals surface area contributed by atoms with Crippen LogP contribution in [0.15, 0.2) is 59.8 Å². The molecule has 4 rings (SSSR count). The standard InChI is InChI=1S/C25H28N2O3/c1-5-22(29)27-20-9-7-6-8-18(20)26-19-14-25(2,3)15-21(28)23(19)24(27)16-10-12-17(30-4)13-11-16/h6-13,24,26H,5,14-15H2,1-4H3. The van der Waals surface area contributed by atoms with Crippen LogP contribution in [0.2, 0.25) is 0 Å². The van der Waals surface area contributed by atoms with E-state index in [0.29, 0.717) is 18.4 Å². The van der Waals surface area contributed by atoms with E-state index in [1.165, 1.54) is 0 Å². The van der Waals surface area contributed by atoms with E-state index in [4.69, 9.17) is 4.74 Å². The predicted molar refractivity (Wildman–Crippen MR) is 119 cm³/mol. The van der Waals surface area contributed by atoms with Crippen LogP contribution in [0.4, 0.5) is 11.4 Å². The first kappa shape index (κ1) is 20.2. The van der Waals surface area contributed by atoms with Gasteiger partial charge in [0.15, 0.2) is 5.78 Å². The molecule has 1 aliphatic heterocycles. The normalized spacial score (nSPS) is 20.1. The van der Waals surface area contributed by atoms with Crippen molar-refractivity contribution >= 4 is 23.1 Å². The number of para-hydroxylation sites is 2. The number of rotatable bonds is 3. The number of benzene rings is 2. The summed E-state index contributed by atoms with van der Waals surface area (Å²) in [7, 11) is 1.63. The third-order valence-corrected chi connectivity index (χ3v) is 5.90. The second kappa shape index (κ2) is 7.63. The Hall–Kier alpha value is -3.08. The molecule has 0 spiro atoms. The molecule has 1 aliphatic carbocycles. The average Bonchev–Trinajstić information content (AvgIpc) is 2.86. The van der Waals surface area contributed by atoms with Crippen LogP contribution in [0.1, 0.15) is 51.6 Å². The third kappa shape index (κ3) is 3.49. The van der Waals surface area contributed by atoms with Crippen LogP contribution in [0, 0.1) is 5.41 Å². The lowest BCUT2D eigenvalue weighted by Crippen LogP contribution is -2.39.